The molecule has 7 nitrogen and oxygen atoms in total. The Morgan fingerprint density at radius 1 is 0.840 bits per heavy atom. The van der Waals surface area contributed by atoms with Crippen molar-refractivity contribution in [2.75, 3.05) is 18.4 Å². The van der Waals surface area contributed by atoms with E-state index in [0.717, 1.165) is 5.56 Å². The minimum Gasteiger partial charge on any atom is -0.354 e. The van der Waals surface area contributed by atoms with E-state index >= 15 is 0 Å². The smallest absolute Gasteiger partial charge is 0.239 e. The van der Waals surface area contributed by atoms with Gasteiger partial charge in [0, 0.05) is 19.2 Å². The molecule has 0 aliphatic carbocycles. The number of hydrogen-bond acceptors (Lipinski definition) is 4. The number of amides is 3. The fraction of sp³-hybridized carbons (Fsp3) is 0.222. The van der Waals surface area contributed by atoms with E-state index in [2.05, 4.69) is 20.9 Å². The highest BCUT2D eigenvalue weighted by Crippen LogP contribution is 2.00. The van der Waals surface area contributed by atoms with Crippen LogP contribution in [-0.4, -0.2) is 35.8 Å². The standard InChI is InChI=1S/C18H20N4O3/c23-16(22-15-8-4-5-10-19-15)9-11-20-18(25)13-21-17(24)12-14-6-2-1-3-7-14/h1-8,10H,9,11-13H2,(H,20,25)(H,21,24)(H,19,22,23). The monoisotopic (exact) mass is 340 g/mol. The molecule has 3 N–H and O–H groups in total. The van der Waals surface area contributed by atoms with Gasteiger partial charge in [0.1, 0.15) is 5.82 Å². The van der Waals surface area contributed by atoms with Gasteiger partial charge in [-0.15, -0.1) is 0 Å². The highest BCUT2D eigenvalue weighted by Gasteiger charge is 2.07. The normalized spacial score (nSPS) is 9.92. The van der Waals surface area contributed by atoms with Crippen molar-refractivity contribution in [3.63, 3.8) is 0 Å². The first kappa shape index (κ1) is 18.1. The second-order valence-electron chi connectivity index (χ2n) is 5.30. The molecule has 1 heterocycles. The molecule has 0 fully saturated rings. The summed E-state index contributed by atoms with van der Waals surface area (Å²) in [6.07, 6.45) is 1.93. The first-order valence-corrected chi connectivity index (χ1v) is 7.91. The molecule has 25 heavy (non-hydrogen) atoms. The van der Waals surface area contributed by atoms with Gasteiger partial charge in [0.25, 0.3) is 0 Å². The van der Waals surface area contributed by atoms with Crippen molar-refractivity contribution >= 4 is 23.5 Å². The van der Waals surface area contributed by atoms with Crippen LogP contribution in [0.25, 0.3) is 0 Å². The number of rotatable bonds is 8. The SMILES string of the molecule is O=C(CNC(=O)Cc1ccccc1)NCCC(=O)Nc1ccccn1. The van der Waals surface area contributed by atoms with Gasteiger partial charge >= 0.3 is 0 Å². The van der Waals surface area contributed by atoms with E-state index in [-0.39, 0.29) is 43.7 Å². The van der Waals surface area contributed by atoms with Crippen LogP contribution in [0.5, 0.6) is 0 Å². The Labute approximate surface area is 145 Å². The van der Waals surface area contributed by atoms with Gasteiger partial charge < -0.3 is 16.0 Å². The second kappa shape index (κ2) is 9.82. The van der Waals surface area contributed by atoms with Crippen LogP contribution in [0.15, 0.2) is 54.7 Å². The quantitative estimate of drug-likeness (QED) is 0.664. The number of hydrogen-bond donors (Lipinski definition) is 3. The van der Waals surface area contributed by atoms with Crippen LogP contribution in [-0.2, 0) is 20.8 Å². The van der Waals surface area contributed by atoms with Crippen LogP contribution >= 0.6 is 0 Å². The molecule has 0 unspecified atom stereocenters. The molecule has 0 saturated carbocycles. The predicted molar refractivity (Wildman–Crippen MR) is 93.6 cm³/mol. The van der Waals surface area contributed by atoms with Crippen LogP contribution in [0, 0.1) is 0 Å². The van der Waals surface area contributed by atoms with E-state index in [1.54, 1.807) is 24.4 Å². The number of nitrogens with zero attached hydrogens (tertiary/aromatic N) is 1. The molecule has 0 atom stereocenters. The molecule has 0 aliphatic heterocycles. The molecule has 0 spiro atoms. The Bertz CT molecular complexity index is 705. The number of nitrogens with one attached hydrogen (secondary N) is 3. The van der Waals surface area contributed by atoms with E-state index < -0.39 is 0 Å². The highest BCUT2D eigenvalue weighted by atomic mass is 16.2. The lowest BCUT2D eigenvalue weighted by Crippen LogP contribution is -2.38. The third-order valence-corrected chi connectivity index (χ3v) is 3.26. The van der Waals surface area contributed by atoms with Gasteiger partial charge in [-0.2, -0.15) is 0 Å². The summed E-state index contributed by atoms with van der Waals surface area (Å²) in [6.45, 7) is 0.0690. The average Bonchev–Trinajstić information content (AvgIpc) is 2.62. The van der Waals surface area contributed by atoms with Crippen molar-refractivity contribution in [1.29, 1.82) is 0 Å². The molecular formula is C18H20N4O3. The van der Waals surface area contributed by atoms with E-state index in [9.17, 15) is 14.4 Å². The van der Waals surface area contributed by atoms with E-state index in [1.165, 1.54) is 0 Å². The Balaban J connectivity index is 1.59. The Kier molecular flexibility index (Phi) is 7.12. The topological polar surface area (TPSA) is 100 Å². The molecule has 2 rings (SSSR count). The molecule has 1 aromatic heterocycles. The Hall–Kier alpha value is -3.22. The fourth-order valence-corrected chi connectivity index (χ4v) is 2.04. The maximum Gasteiger partial charge on any atom is 0.239 e. The molecule has 0 radical (unpaired) electrons. The van der Waals surface area contributed by atoms with Gasteiger partial charge in [0.05, 0.1) is 13.0 Å². The largest absolute Gasteiger partial charge is 0.354 e. The number of benzene rings is 1. The van der Waals surface area contributed by atoms with Gasteiger partial charge in [-0.25, -0.2) is 4.98 Å². The summed E-state index contributed by atoms with van der Waals surface area (Å²) in [5.41, 5.74) is 0.881. The Morgan fingerprint density at radius 2 is 1.60 bits per heavy atom. The van der Waals surface area contributed by atoms with Gasteiger partial charge in [0.2, 0.25) is 17.7 Å². The third-order valence-electron chi connectivity index (χ3n) is 3.26. The van der Waals surface area contributed by atoms with E-state index in [1.807, 2.05) is 30.3 Å². The zero-order chi connectivity index (χ0) is 17.9. The predicted octanol–water partition coefficient (Wildman–Crippen LogP) is 0.885. The number of aromatic nitrogens is 1. The summed E-state index contributed by atoms with van der Waals surface area (Å²) in [4.78, 5) is 39.1. The van der Waals surface area contributed by atoms with Gasteiger partial charge in [0.15, 0.2) is 0 Å². The number of pyridine rings is 1. The van der Waals surface area contributed by atoms with Gasteiger partial charge in [-0.3, -0.25) is 14.4 Å². The summed E-state index contributed by atoms with van der Waals surface area (Å²) in [6, 6.07) is 14.5. The lowest BCUT2D eigenvalue weighted by molar-refractivity contribution is -0.125. The van der Waals surface area contributed by atoms with Crippen molar-refractivity contribution < 1.29 is 14.4 Å². The van der Waals surface area contributed by atoms with Crippen LogP contribution in [0.2, 0.25) is 0 Å². The van der Waals surface area contributed by atoms with Gasteiger partial charge in [-0.1, -0.05) is 36.4 Å². The summed E-state index contributed by atoms with van der Waals surface area (Å²) >= 11 is 0. The molecule has 0 saturated heterocycles. The maximum absolute atomic E-state index is 11.7. The van der Waals surface area contributed by atoms with Gasteiger partial charge in [-0.05, 0) is 17.7 Å². The minimum atomic E-state index is -0.341. The molecule has 0 bridgehead atoms. The lowest BCUT2D eigenvalue weighted by Gasteiger charge is -2.07. The number of anilines is 1. The minimum absolute atomic E-state index is 0.118. The van der Waals surface area contributed by atoms with E-state index in [0.29, 0.717) is 5.82 Å². The molecule has 0 aliphatic rings. The van der Waals surface area contributed by atoms with Crippen molar-refractivity contribution in [3.8, 4) is 0 Å². The van der Waals surface area contributed by atoms with Crippen LogP contribution in [0.1, 0.15) is 12.0 Å². The molecule has 2 aromatic rings. The highest BCUT2D eigenvalue weighted by molar-refractivity contribution is 5.90. The fourth-order valence-electron chi connectivity index (χ4n) is 2.04. The van der Waals surface area contributed by atoms with Crippen molar-refractivity contribution in [1.82, 2.24) is 15.6 Å². The number of carbonyl (C=O) groups excluding carboxylic acids is 3. The second-order valence-corrected chi connectivity index (χ2v) is 5.30. The zero-order valence-corrected chi connectivity index (χ0v) is 13.7. The molecule has 130 valence electrons. The number of carbonyl (C=O) groups is 3. The molecule has 7 heteroatoms. The molecule has 1 aromatic carbocycles. The summed E-state index contributed by atoms with van der Waals surface area (Å²) in [7, 11) is 0. The zero-order valence-electron chi connectivity index (χ0n) is 13.7. The summed E-state index contributed by atoms with van der Waals surface area (Å²) in [5, 5.41) is 7.75. The first-order valence-electron chi connectivity index (χ1n) is 7.91. The molecular weight excluding hydrogens is 320 g/mol. The third kappa shape index (κ3) is 7.26. The lowest BCUT2D eigenvalue weighted by atomic mass is 10.1. The van der Waals surface area contributed by atoms with E-state index in [4.69, 9.17) is 0 Å². The van der Waals surface area contributed by atoms with Crippen molar-refractivity contribution in [2.24, 2.45) is 0 Å². The first-order chi connectivity index (χ1) is 12.1. The van der Waals surface area contributed by atoms with Crippen LogP contribution < -0.4 is 16.0 Å². The van der Waals surface area contributed by atoms with Crippen LogP contribution in [0.3, 0.4) is 0 Å². The Morgan fingerprint density at radius 3 is 2.32 bits per heavy atom. The average molecular weight is 340 g/mol. The summed E-state index contributed by atoms with van der Waals surface area (Å²) in [5.74, 6) is -0.347. The van der Waals surface area contributed by atoms with Crippen LogP contribution in [0.4, 0.5) is 5.82 Å². The maximum atomic E-state index is 11.7. The van der Waals surface area contributed by atoms with Crippen molar-refractivity contribution in [3.05, 3.63) is 60.3 Å². The van der Waals surface area contributed by atoms with Crippen molar-refractivity contribution in [2.45, 2.75) is 12.8 Å². The summed E-state index contributed by atoms with van der Waals surface area (Å²) < 4.78 is 0. The molecule has 3 amide bonds.